The summed E-state index contributed by atoms with van der Waals surface area (Å²) in [5.41, 5.74) is 2.94. The van der Waals surface area contributed by atoms with Gasteiger partial charge in [0.1, 0.15) is 0 Å². The van der Waals surface area contributed by atoms with E-state index in [-0.39, 0.29) is 23.5 Å². The van der Waals surface area contributed by atoms with Crippen LogP contribution >= 0.6 is 0 Å². The van der Waals surface area contributed by atoms with Gasteiger partial charge >= 0.3 is 6.03 Å². The SMILES string of the molecule is Cc1ccc(S(=O)(=O)N(CC(C)C)[C@H](CO)CCCCNC(=O)N(Cc2ccncc2)Cc2ccncc2)cc1. The molecule has 1 aromatic carbocycles. The Morgan fingerprint density at radius 1 is 0.900 bits per heavy atom. The summed E-state index contributed by atoms with van der Waals surface area (Å²) in [6, 6.07) is 13.6. The monoisotopic (exact) mass is 567 g/mol. The molecule has 9 nitrogen and oxygen atoms in total. The van der Waals surface area contributed by atoms with Gasteiger partial charge in [-0.15, -0.1) is 0 Å². The first-order chi connectivity index (χ1) is 19.2. The Morgan fingerprint density at radius 3 is 1.95 bits per heavy atom. The molecule has 40 heavy (non-hydrogen) atoms. The molecule has 0 aliphatic carbocycles. The molecule has 0 bridgehead atoms. The minimum Gasteiger partial charge on any atom is -0.395 e. The summed E-state index contributed by atoms with van der Waals surface area (Å²) in [6.45, 7) is 7.20. The highest BCUT2D eigenvalue weighted by atomic mass is 32.2. The van der Waals surface area contributed by atoms with Gasteiger partial charge in [0.15, 0.2) is 0 Å². The number of carbonyl (C=O) groups excluding carboxylic acids is 1. The van der Waals surface area contributed by atoms with Gasteiger partial charge in [-0.3, -0.25) is 9.97 Å². The highest BCUT2D eigenvalue weighted by Gasteiger charge is 2.31. The van der Waals surface area contributed by atoms with Gasteiger partial charge in [-0.1, -0.05) is 38.0 Å². The molecule has 10 heteroatoms. The Kier molecular flexibility index (Phi) is 12.0. The third-order valence-electron chi connectivity index (χ3n) is 6.56. The lowest BCUT2D eigenvalue weighted by molar-refractivity contribution is 0.167. The fraction of sp³-hybridized carbons (Fsp3) is 0.433. The van der Waals surface area contributed by atoms with Crippen LogP contribution in [0.2, 0.25) is 0 Å². The minimum atomic E-state index is -3.76. The second-order valence-corrected chi connectivity index (χ2v) is 12.3. The fourth-order valence-electron chi connectivity index (χ4n) is 4.40. The topological polar surface area (TPSA) is 116 Å². The third kappa shape index (κ3) is 9.39. The summed E-state index contributed by atoms with van der Waals surface area (Å²) in [4.78, 5) is 23.2. The van der Waals surface area contributed by atoms with E-state index in [1.807, 2.05) is 45.0 Å². The maximum Gasteiger partial charge on any atom is 0.318 e. The van der Waals surface area contributed by atoms with Gasteiger partial charge in [0, 0.05) is 57.0 Å². The van der Waals surface area contributed by atoms with Crippen LogP contribution in [0.4, 0.5) is 4.79 Å². The molecule has 0 saturated heterocycles. The number of aromatic nitrogens is 2. The molecule has 216 valence electrons. The van der Waals surface area contributed by atoms with Crippen LogP contribution in [-0.4, -0.2) is 64.5 Å². The summed E-state index contributed by atoms with van der Waals surface area (Å²) in [5, 5.41) is 13.2. The Morgan fingerprint density at radius 2 is 1.45 bits per heavy atom. The van der Waals surface area contributed by atoms with Crippen molar-refractivity contribution in [3.63, 3.8) is 0 Å². The van der Waals surface area contributed by atoms with Crippen LogP contribution in [0.5, 0.6) is 0 Å². The number of benzene rings is 1. The molecule has 0 saturated carbocycles. The van der Waals surface area contributed by atoms with Gasteiger partial charge in [-0.2, -0.15) is 4.31 Å². The van der Waals surface area contributed by atoms with Crippen molar-refractivity contribution in [3.05, 3.63) is 90.0 Å². The molecule has 3 rings (SSSR count). The summed E-state index contributed by atoms with van der Waals surface area (Å²) >= 11 is 0. The maximum absolute atomic E-state index is 13.5. The smallest absolute Gasteiger partial charge is 0.318 e. The number of unbranched alkanes of at least 4 members (excludes halogenated alkanes) is 1. The highest BCUT2D eigenvalue weighted by Crippen LogP contribution is 2.23. The number of amides is 2. The van der Waals surface area contributed by atoms with Gasteiger partial charge < -0.3 is 15.3 Å². The zero-order valence-electron chi connectivity index (χ0n) is 23.6. The van der Waals surface area contributed by atoms with E-state index in [0.717, 1.165) is 16.7 Å². The number of nitrogens with zero attached hydrogens (tertiary/aromatic N) is 4. The molecule has 2 aromatic heterocycles. The molecule has 0 spiro atoms. The predicted molar refractivity (Wildman–Crippen MR) is 156 cm³/mol. The zero-order chi connectivity index (χ0) is 29.0. The third-order valence-corrected chi connectivity index (χ3v) is 8.50. The van der Waals surface area contributed by atoms with Crippen LogP contribution in [0.25, 0.3) is 0 Å². The molecule has 3 aromatic rings. The number of sulfonamides is 1. The van der Waals surface area contributed by atoms with Crippen molar-refractivity contribution in [1.29, 1.82) is 0 Å². The van der Waals surface area contributed by atoms with Crippen molar-refractivity contribution in [2.45, 2.75) is 64.1 Å². The van der Waals surface area contributed by atoms with Gasteiger partial charge in [-0.25, -0.2) is 13.2 Å². The average Bonchev–Trinajstić information content (AvgIpc) is 2.94. The number of aliphatic hydroxyl groups is 1. The number of pyridine rings is 2. The Labute approximate surface area is 238 Å². The standard InChI is InChI=1S/C30H41N5O4S/c1-24(2)20-35(40(38,39)29-9-7-25(3)8-10-29)28(23-36)6-4-5-15-33-30(37)34(21-26-11-16-31-17-12-26)22-27-13-18-32-19-14-27/h7-14,16-19,24,28,36H,4-6,15,20-23H2,1-3H3,(H,33,37)/t28-/m0/s1. The van der Waals surface area contributed by atoms with Crippen molar-refractivity contribution < 1.29 is 18.3 Å². The Hall–Kier alpha value is -3.34. The number of carbonyl (C=O) groups is 1. The van der Waals surface area contributed by atoms with Crippen LogP contribution in [0, 0.1) is 12.8 Å². The molecule has 2 amide bonds. The van der Waals surface area contributed by atoms with Crippen LogP contribution in [0.1, 0.15) is 49.8 Å². The minimum absolute atomic E-state index is 0.0975. The second-order valence-electron chi connectivity index (χ2n) is 10.4. The van der Waals surface area contributed by atoms with Crippen molar-refractivity contribution in [2.75, 3.05) is 19.7 Å². The highest BCUT2D eigenvalue weighted by molar-refractivity contribution is 7.89. The molecular weight excluding hydrogens is 526 g/mol. The number of aliphatic hydroxyl groups excluding tert-OH is 1. The molecule has 0 aliphatic rings. The lowest BCUT2D eigenvalue weighted by Gasteiger charge is -2.31. The molecule has 2 N–H and O–H groups in total. The van der Waals surface area contributed by atoms with E-state index in [2.05, 4.69) is 15.3 Å². The van der Waals surface area contributed by atoms with E-state index in [1.165, 1.54) is 4.31 Å². The molecule has 0 unspecified atom stereocenters. The van der Waals surface area contributed by atoms with Gasteiger partial charge in [0.25, 0.3) is 0 Å². The van der Waals surface area contributed by atoms with Crippen LogP contribution in [0.15, 0.2) is 78.2 Å². The Bertz CT molecular complexity index is 1230. The van der Waals surface area contributed by atoms with E-state index in [0.29, 0.717) is 45.4 Å². The van der Waals surface area contributed by atoms with Crippen molar-refractivity contribution in [3.8, 4) is 0 Å². The van der Waals surface area contributed by atoms with E-state index in [9.17, 15) is 18.3 Å². The normalized spacial score (nSPS) is 12.4. The van der Waals surface area contributed by atoms with Gasteiger partial charge in [0.05, 0.1) is 11.5 Å². The first-order valence-electron chi connectivity index (χ1n) is 13.7. The summed E-state index contributed by atoms with van der Waals surface area (Å²) in [7, 11) is -3.76. The molecule has 0 radical (unpaired) electrons. The molecular formula is C30H41N5O4S. The quantitative estimate of drug-likeness (QED) is 0.264. The second kappa shape index (κ2) is 15.4. The van der Waals surface area contributed by atoms with E-state index in [1.54, 1.807) is 54.0 Å². The predicted octanol–water partition coefficient (Wildman–Crippen LogP) is 4.37. The number of urea groups is 1. The molecule has 0 aliphatic heterocycles. The lowest BCUT2D eigenvalue weighted by Crippen LogP contribution is -2.44. The van der Waals surface area contributed by atoms with Gasteiger partial charge in [0.2, 0.25) is 10.0 Å². The van der Waals surface area contributed by atoms with Crippen molar-refractivity contribution >= 4 is 16.1 Å². The number of aryl methyl sites for hydroxylation is 1. The fourth-order valence-corrected chi connectivity index (χ4v) is 6.21. The molecule has 2 heterocycles. The zero-order valence-corrected chi connectivity index (χ0v) is 24.4. The summed E-state index contributed by atoms with van der Waals surface area (Å²) in [5.74, 6) is 0.0975. The number of nitrogens with one attached hydrogen (secondary N) is 1. The first-order valence-corrected chi connectivity index (χ1v) is 15.1. The van der Waals surface area contributed by atoms with E-state index < -0.39 is 16.1 Å². The molecule has 0 fully saturated rings. The maximum atomic E-state index is 13.5. The number of hydrogen-bond donors (Lipinski definition) is 2. The van der Waals surface area contributed by atoms with E-state index in [4.69, 9.17) is 0 Å². The van der Waals surface area contributed by atoms with Crippen LogP contribution < -0.4 is 5.32 Å². The summed E-state index contributed by atoms with van der Waals surface area (Å²) in [6.07, 6.45) is 8.61. The van der Waals surface area contributed by atoms with E-state index >= 15 is 0 Å². The first kappa shape index (κ1) is 31.2. The van der Waals surface area contributed by atoms with Gasteiger partial charge in [-0.05, 0) is 73.2 Å². The summed E-state index contributed by atoms with van der Waals surface area (Å²) < 4.78 is 28.4. The van der Waals surface area contributed by atoms with Crippen LogP contribution in [0.3, 0.4) is 0 Å². The number of hydrogen-bond acceptors (Lipinski definition) is 6. The van der Waals surface area contributed by atoms with Crippen molar-refractivity contribution in [1.82, 2.24) is 24.5 Å². The average molecular weight is 568 g/mol. The lowest BCUT2D eigenvalue weighted by atomic mass is 10.1. The number of rotatable bonds is 15. The molecule has 1 atom stereocenters. The van der Waals surface area contributed by atoms with Crippen LogP contribution in [-0.2, 0) is 23.1 Å². The largest absolute Gasteiger partial charge is 0.395 e. The van der Waals surface area contributed by atoms with Crippen molar-refractivity contribution in [2.24, 2.45) is 5.92 Å². The Balaban J connectivity index is 1.58.